The number of nitrogens with one attached hydrogen (secondary N) is 2. The first-order chi connectivity index (χ1) is 9.94. The minimum Gasteiger partial charge on any atom is -0.497 e. The van der Waals surface area contributed by atoms with Gasteiger partial charge in [-0.1, -0.05) is 0 Å². The second kappa shape index (κ2) is 5.94. The van der Waals surface area contributed by atoms with Crippen molar-refractivity contribution >= 4 is 5.69 Å². The van der Waals surface area contributed by atoms with Gasteiger partial charge in [0.05, 0.1) is 32.1 Å². The van der Waals surface area contributed by atoms with Crippen LogP contribution in [0.5, 0.6) is 11.5 Å². The summed E-state index contributed by atoms with van der Waals surface area (Å²) in [5.41, 5.74) is 0.0163. The van der Waals surface area contributed by atoms with E-state index in [0.29, 0.717) is 22.9 Å². The Balaban J connectivity index is 2.08. The number of halogens is 3. The minimum atomic E-state index is -4.45. The van der Waals surface area contributed by atoms with Gasteiger partial charge in [-0.25, -0.2) is 0 Å². The molecule has 0 saturated carbocycles. The molecule has 0 bridgehead atoms. The van der Waals surface area contributed by atoms with Crippen LogP contribution in [-0.2, 0) is 12.7 Å². The van der Waals surface area contributed by atoms with E-state index < -0.39 is 11.9 Å². The van der Waals surface area contributed by atoms with Crippen molar-refractivity contribution in [3.05, 3.63) is 35.7 Å². The molecule has 1 aromatic heterocycles. The van der Waals surface area contributed by atoms with E-state index in [2.05, 4.69) is 15.5 Å². The van der Waals surface area contributed by atoms with Crippen molar-refractivity contribution in [1.29, 1.82) is 0 Å². The van der Waals surface area contributed by atoms with Crippen molar-refractivity contribution in [1.82, 2.24) is 10.2 Å². The first-order valence-electron chi connectivity index (χ1n) is 6.01. The predicted octanol–water partition coefficient (Wildman–Crippen LogP) is 3.06. The van der Waals surface area contributed by atoms with Gasteiger partial charge in [0.25, 0.3) is 0 Å². The molecule has 0 unspecified atom stereocenters. The molecule has 0 amide bonds. The third-order valence-corrected chi connectivity index (χ3v) is 2.80. The van der Waals surface area contributed by atoms with E-state index in [1.54, 1.807) is 18.2 Å². The number of ether oxygens (including phenoxy) is 2. The molecule has 0 atom stereocenters. The largest absolute Gasteiger partial charge is 0.497 e. The van der Waals surface area contributed by atoms with Gasteiger partial charge >= 0.3 is 6.18 Å². The van der Waals surface area contributed by atoms with Crippen LogP contribution in [0, 0.1) is 0 Å². The molecule has 1 heterocycles. The third kappa shape index (κ3) is 3.59. The molecule has 2 aromatic rings. The van der Waals surface area contributed by atoms with Gasteiger partial charge in [-0.3, -0.25) is 5.10 Å². The maximum absolute atomic E-state index is 12.4. The van der Waals surface area contributed by atoms with Gasteiger partial charge in [-0.15, -0.1) is 0 Å². The lowest BCUT2D eigenvalue weighted by atomic mass is 10.2. The third-order valence-electron chi connectivity index (χ3n) is 2.80. The quantitative estimate of drug-likeness (QED) is 0.891. The highest BCUT2D eigenvalue weighted by Gasteiger charge is 2.33. The first kappa shape index (κ1) is 15.0. The number of H-pyrrole nitrogens is 1. The second-order valence-electron chi connectivity index (χ2n) is 4.20. The Morgan fingerprint density at radius 1 is 1.19 bits per heavy atom. The van der Waals surface area contributed by atoms with Crippen molar-refractivity contribution < 1.29 is 22.6 Å². The lowest BCUT2D eigenvalue weighted by Gasteiger charge is -2.11. The molecule has 21 heavy (non-hydrogen) atoms. The Hall–Kier alpha value is -2.38. The van der Waals surface area contributed by atoms with Gasteiger partial charge in [0.15, 0.2) is 5.69 Å². The Morgan fingerprint density at radius 3 is 2.52 bits per heavy atom. The summed E-state index contributed by atoms with van der Waals surface area (Å²) in [5, 5.41) is 8.55. The highest BCUT2D eigenvalue weighted by atomic mass is 19.4. The molecule has 8 heteroatoms. The molecule has 0 fully saturated rings. The fourth-order valence-corrected chi connectivity index (χ4v) is 1.73. The van der Waals surface area contributed by atoms with Gasteiger partial charge in [-0.05, 0) is 18.2 Å². The van der Waals surface area contributed by atoms with E-state index in [0.717, 1.165) is 6.07 Å². The highest BCUT2D eigenvalue weighted by molar-refractivity contribution is 5.59. The van der Waals surface area contributed by atoms with E-state index in [9.17, 15) is 13.2 Å². The Morgan fingerprint density at radius 2 is 1.95 bits per heavy atom. The molecule has 0 spiro atoms. The molecular formula is C13H14F3N3O2. The van der Waals surface area contributed by atoms with Crippen molar-refractivity contribution in [2.75, 3.05) is 19.5 Å². The number of methoxy groups -OCH3 is 2. The van der Waals surface area contributed by atoms with Crippen molar-refractivity contribution in [3.8, 4) is 11.5 Å². The molecule has 2 rings (SSSR count). The van der Waals surface area contributed by atoms with E-state index in [4.69, 9.17) is 9.47 Å². The summed E-state index contributed by atoms with van der Waals surface area (Å²) in [7, 11) is 3.03. The maximum atomic E-state index is 12.4. The standard InChI is InChI=1S/C13H14F3N3O2/c1-20-9-3-4-10(11(6-9)21-2)17-7-8-5-12(19-18-8)13(14,15)16/h3-6,17H,7H2,1-2H3,(H,18,19). The molecule has 0 aliphatic heterocycles. The zero-order valence-electron chi connectivity index (χ0n) is 11.4. The monoisotopic (exact) mass is 301 g/mol. The van der Waals surface area contributed by atoms with Crippen LogP contribution in [0.15, 0.2) is 24.3 Å². The summed E-state index contributed by atoms with van der Waals surface area (Å²) in [5.74, 6) is 1.16. The molecular weight excluding hydrogens is 287 g/mol. The highest BCUT2D eigenvalue weighted by Crippen LogP contribution is 2.30. The van der Waals surface area contributed by atoms with E-state index in [1.807, 2.05) is 0 Å². The van der Waals surface area contributed by atoms with Crippen LogP contribution in [0.3, 0.4) is 0 Å². The summed E-state index contributed by atoms with van der Waals surface area (Å²) in [6.07, 6.45) is -4.45. The number of nitrogens with zero attached hydrogens (tertiary/aromatic N) is 1. The zero-order valence-corrected chi connectivity index (χ0v) is 11.4. The number of aromatic amines is 1. The SMILES string of the molecule is COc1ccc(NCc2cc(C(F)(F)F)n[nH]2)c(OC)c1. The lowest BCUT2D eigenvalue weighted by molar-refractivity contribution is -0.141. The number of aromatic nitrogens is 2. The summed E-state index contributed by atoms with van der Waals surface area (Å²) in [6, 6.07) is 6.08. The van der Waals surface area contributed by atoms with Crippen LogP contribution in [0.2, 0.25) is 0 Å². The van der Waals surface area contributed by atoms with Crippen LogP contribution in [0.4, 0.5) is 18.9 Å². The van der Waals surface area contributed by atoms with Crippen LogP contribution in [-0.4, -0.2) is 24.4 Å². The minimum absolute atomic E-state index is 0.159. The fraction of sp³-hybridized carbons (Fsp3) is 0.308. The van der Waals surface area contributed by atoms with Gasteiger partial charge in [0, 0.05) is 6.07 Å². The number of hydrogen-bond donors (Lipinski definition) is 2. The van der Waals surface area contributed by atoms with Crippen LogP contribution in [0.1, 0.15) is 11.4 Å². The fourth-order valence-electron chi connectivity index (χ4n) is 1.73. The van der Waals surface area contributed by atoms with Crippen LogP contribution < -0.4 is 14.8 Å². The predicted molar refractivity (Wildman–Crippen MR) is 70.5 cm³/mol. The zero-order chi connectivity index (χ0) is 15.5. The van der Waals surface area contributed by atoms with Gasteiger partial charge in [0.1, 0.15) is 11.5 Å². The van der Waals surface area contributed by atoms with Crippen molar-refractivity contribution in [2.45, 2.75) is 12.7 Å². The average molecular weight is 301 g/mol. The van der Waals surface area contributed by atoms with Crippen molar-refractivity contribution in [3.63, 3.8) is 0 Å². The summed E-state index contributed by atoms with van der Waals surface area (Å²) in [6.45, 7) is 0.159. The van der Waals surface area contributed by atoms with Crippen LogP contribution in [0.25, 0.3) is 0 Å². The molecule has 2 N–H and O–H groups in total. The molecule has 0 aliphatic rings. The normalized spacial score (nSPS) is 11.3. The van der Waals surface area contributed by atoms with Gasteiger partial charge < -0.3 is 14.8 Å². The molecule has 1 aromatic carbocycles. The second-order valence-corrected chi connectivity index (χ2v) is 4.20. The number of hydrogen-bond acceptors (Lipinski definition) is 4. The lowest BCUT2D eigenvalue weighted by Crippen LogP contribution is -2.05. The topological polar surface area (TPSA) is 59.2 Å². The summed E-state index contributed by atoms with van der Waals surface area (Å²) >= 11 is 0. The molecule has 0 saturated heterocycles. The molecule has 5 nitrogen and oxygen atoms in total. The van der Waals surface area contributed by atoms with Gasteiger partial charge in [0.2, 0.25) is 0 Å². The van der Waals surface area contributed by atoms with Crippen molar-refractivity contribution in [2.24, 2.45) is 0 Å². The molecule has 0 aliphatic carbocycles. The van der Waals surface area contributed by atoms with E-state index >= 15 is 0 Å². The number of alkyl halides is 3. The number of rotatable bonds is 5. The maximum Gasteiger partial charge on any atom is 0.435 e. The molecule has 114 valence electrons. The van der Waals surface area contributed by atoms with E-state index in [-0.39, 0.29) is 6.54 Å². The average Bonchev–Trinajstić information content (AvgIpc) is 2.94. The van der Waals surface area contributed by atoms with Gasteiger partial charge in [-0.2, -0.15) is 18.3 Å². The Labute approximate surface area is 119 Å². The summed E-state index contributed by atoms with van der Waals surface area (Å²) in [4.78, 5) is 0. The number of benzene rings is 1. The molecule has 0 radical (unpaired) electrons. The first-order valence-corrected chi connectivity index (χ1v) is 6.01. The van der Waals surface area contributed by atoms with Crippen LogP contribution >= 0.6 is 0 Å². The summed E-state index contributed by atoms with van der Waals surface area (Å²) < 4.78 is 47.5. The number of anilines is 1. The smallest absolute Gasteiger partial charge is 0.435 e. The Bertz CT molecular complexity index is 611. The van der Waals surface area contributed by atoms with E-state index in [1.165, 1.54) is 14.2 Å². The Kier molecular flexibility index (Phi) is 4.25.